The summed E-state index contributed by atoms with van der Waals surface area (Å²) < 4.78 is 3.56. The van der Waals surface area contributed by atoms with Crippen molar-refractivity contribution in [2.45, 2.75) is 4.64 Å². The predicted molar refractivity (Wildman–Crippen MR) is 37.7 cm³/mol. The number of carbonyl (C=O) groups excluding carboxylic acids is 1. The molecular weight excluding hydrogens is 177 g/mol. The van der Waals surface area contributed by atoms with E-state index in [2.05, 4.69) is 0 Å². The fourth-order valence-electron chi connectivity index (χ4n) is 0.749. The molecule has 0 spiro atoms. The van der Waals surface area contributed by atoms with E-state index >= 15 is 0 Å². The molecule has 0 atom stereocenters. The SMILES string of the molecule is O=[C]CN1CCOC1(Cl)Cl. The minimum atomic E-state index is -1.32. The highest BCUT2D eigenvalue weighted by atomic mass is 35.5. The van der Waals surface area contributed by atoms with Crippen LogP contribution in [0.1, 0.15) is 0 Å². The van der Waals surface area contributed by atoms with Crippen molar-refractivity contribution in [1.82, 2.24) is 4.90 Å². The maximum Gasteiger partial charge on any atom is 0.279 e. The quantitative estimate of drug-likeness (QED) is 0.461. The molecule has 1 aliphatic heterocycles. The molecule has 0 aromatic carbocycles. The Morgan fingerprint density at radius 1 is 1.70 bits per heavy atom. The highest BCUT2D eigenvalue weighted by Gasteiger charge is 2.38. The summed E-state index contributed by atoms with van der Waals surface area (Å²) in [5, 5.41) is 0. The van der Waals surface area contributed by atoms with Crippen molar-refractivity contribution in [1.29, 1.82) is 0 Å². The van der Waals surface area contributed by atoms with Crippen molar-refractivity contribution in [3.8, 4) is 0 Å². The zero-order chi connectivity index (χ0) is 7.61. The number of rotatable bonds is 2. The van der Waals surface area contributed by atoms with Gasteiger partial charge in [-0.15, -0.1) is 0 Å². The lowest BCUT2D eigenvalue weighted by Gasteiger charge is -2.21. The summed E-state index contributed by atoms with van der Waals surface area (Å²) in [6.07, 6.45) is 1.69. The lowest BCUT2D eigenvalue weighted by molar-refractivity contribution is 0.0719. The van der Waals surface area contributed by atoms with Gasteiger partial charge in [0.25, 0.3) is 4.64 Å². The fourth-order valence-corrected chi connectivity index (χ4v) is 1.19. The van der Waals surface area contributed by atoms with Crippen molar-refractivity contribution in [2.24, 2.45) is 0 Å². The van der Waals surface area contributed by atoms with E-state index in [0.29, 0.717) is 13.2 Å². The first-order valence-corrected chi connectivity index (χ1v) is 3.54. The minimum absolute atomic E-state index is 0.0903. The molecule has 0 aromatic rings. The first-order valence-electron chi connectivity index (χ1n) is 2.78. The maximum absolute atomic E-state index is 9.91. The fraction of sp³-hybridized carbons (Fsp3) is 0.800. The molecular formula is C5H6Cl2NO2. The van der Waals surface area contributed by atoms with Crippen LogP contribution in [0.5, 0.6) is 0 Å². The Bertz CT molecular complexity index is 140. The van der Waals surface area contributed by atoms with Gasteiger partial charge in [0.15, 0.2) is 0 Å². The average molecular weight is 183 g/mol. The van der Waals surface area contributed by atoms with Crippen LogP contribution in [0.3, 0.4) is 0 Å². The van der Waals surface area contributed by atoms with E-state index in [-0.39, 0.29) is 6.54 Å². The Morgan fingerprint density at radius 2 is 2.40 bits per heavy atom. The lowest BCUT2D eigenvalue weighted by atomic mass is 10.6. The second-order valence-electron chi connectivity index (χ2n) is 1.90. The molecule has 1 fully saturated rings. The molecule has 0 aromatic heterocycles. The molecule has 0 aliphatic carbocycles. The second-order valence-corrected chi connectivity index (χ2v) is 3.12. The van der Waals surface area contributed by atoms with Crippen molar-refractivity contribution < 1.29 is 9.53 Å². The van der Waals surface area contributed by atoms with Gasteiger partial charge in [0.1, 0.15) is 0 Å². The van der Waals surface area contributed by atoms with E-state index in [9.17, 15) is 4.79 Å². The van der Waals surface area contributed by atoms with Crippen LogP contribution in [0.4, 0.5) is 0 Å². The van der Waals surface area contributed by atoms with Gasteiger partial charge < -0.3 is 4.74 Å². The molecule has 5 heteroatoms. The number of ether oxygens (including phenoxy) is 1. The van der Waals surface area contributed by atoms with Gasteiger partial charge >= 0.3 is 0 Å². The van der Waals surface area contributed by atoms with Crippen molar-refractivity contribution >= 4 is 29.5 Å². The van der Waals surface area contributed by atoms with Gasteiger partial charge in [-0.3, -0.25) is 4.79 Å². The molecule has 3 nitrogen and oxygen atoms in total. The average Bonchev–Trinajstić information content (AvgIpc) is 2.13. The third kappa shape index (κ3) is 1.61. The number of nitrogens with zero attached hydrogens (tertiary/aromatic N) is 1. The van der Waals surface area contributed by atoms with Gasteiger partial charge in [-0.25, -0.2) is 4.90 Å². The van der Waals surface area contributed by atoms with E-state index in [1.165, 1.54) is 4.90 Å². The number of hydrogen-bond acceptors (Lipinski definition) is 3. The summed E-state index contributed by atoms with van der Waals surface area (Å²) >= 11 is 11.2. The van der Waals surface area contributed by atoms with Gasteiger partial charge in [-0.05, 0) is 0 Å². The van der Waals surface area contributed by atoms with E-state index in [1.54, 1.807) is 6.29 Å². The number of alkyl halides is 2. The molecule has 1 heterocycles. The predicted octanol–water partition coefficient (Wildman–Crippen LogP) is 0.517. The molecule has 0 N–H and O–H groups in total. The number of hydrogen-bond donors (Lipinski definition) is 0. The summed E-state index contributed by atoms with van der Waals surface area (Å²) in [6, 6.07) is 0. The summed E-state index contributed by atoms with van der Waals surface area (Å²) in [5.41, 5.74) is 0. The van der Waals surface area contributed by atoms with Crippen molar-refractivity contribution in [3.63, 3.8) is 0 Å². The summed E-state index contributed by atoms with van der Waals surface area (Å²) in [6.45, 7) is 1.12. The Balaban J connectivity index is 2.50. The normalized spacial score (nSPS) is 25.0. The van der Waals surface area contributed by atoms with E-state index in [0.717, 1.165) is 0 Å². The van der Waals surface area contributed by atoms with Gasteiger partial charge in [0.05, 0.1) is 13.2 Å². The van der Waals surface area contributed by atoms with Crippen molar-refractivity contribution in [3.05, 3.63) is 0 Å². The standard InChI is InChI=1S/C5H6Cl2NO2/c6-5(7)8(1-3-9)2-4-10-5/h1-2,4H2. The van der Waals surface area contributed by atoms with Gasteiger partial charge in [-0.2, -0.15) is 0 Å². The minimum Gasteiger partial charge on any atom is -0.333 e. The Kier molecular flexibility index (Phi) is 2.52. The maximum atomic E-state index is 9.91. The van der Waals surface area contributed by atoms with Crippen LogP contribution in [-0.4, -0.2) is 35.5 Å². The highest BCUT2D eigenvalue weighted by molar-refractivity contribution is 6.46. The molecule has 1 saturated heterocycles. The van der Waals surface area contributed by atoms with Crippen LogP contribution in [-0.2, 0) is 9.53 Å². The molecule has 1 rings (SSSR count). The summed E-state index contributed by atoms with van der Waals surface area (Å²) in [7, 11) is 0. The molecule has 10 heavy (non-hydrogen) atoms. The molecule has 0 unspecified atom stereocenters. The van der Waals surface area contributed by atoms with Crippen molar-refractivity contribution in [2.75, 3.05) is 19.7 Å². The molecule has 57 valence electrons. The third-order valence-corrected chi connectivity index (χ3v) is 1.96. The highest BCUT2D eigenvalue weighted by Crippen LogP contribution is 2.30. The van der Waals surface area contributed by atoms with E-state index in [4.69, 9.17) is 27.9 Å². The van der Waals surface area contributed by atoms with Gasteiger partial charge in [0, 0.05) is 6.54 Å². The monoisotopic (exact) mass is 182 g/mol. The molecule has 0 amide bonds. The van der Waals surface area contributed by atoms with Gasteiger partial charge in [0.2, 0.25) is 6.29 Å². The first kappa shape index (κ1) is 8.27. The van der Waals surface area contributed by atoms with Crippen LogP contribution in [0.15, 0.2) is 0 Å². The first-order chi connectivity index (χ1) is 4.67. The van der Waals surface area contributed by atoms with Gasteiger partial charge in [-0.1, -0.05) is 23.2 Å². The van der Waals surface area contributed by atoms with Crippen LogP contribution < -0.4 is 0 Å². The number of halogens is 2. The Morgan fingerprint density at radius 3 is 2.80 bits per heavy atom. The van der Waals surface area contributed by atoms with E-state index < -0.39 is 4.64 Å². The molecule has 1 aliphatic rings. The second kappa shape index (κ2) is 3.05. The molecule has 1 radical (unpaired) electrons. The third-order valence-electron chi connectivity index (χ3n) is 1.26. The van der Waals surface area contributed by atoms with E-state index in [1.807, 2.05) is 0 Å². The van der Waals surface area contributed by atoms with Crippen LogP contribution >= 0.6 is 23.2 Å². The largest absolute Gasteiger partial charge is 0.333 e. The lowest BCUT2D eigenvalue weighted by Crippen LogP contribution is -2.35. The molecule has 0 bridgehead atoms. The smallest absolute Gasteiger partial charge is 0.279 e. The van der Waals surface area contributed by atoms with Crippen LogP contribution in [0, 0.1) is 0 Å². The zero-order valence-electron chi connectivity index (χ0n) is 5.14. The Hall–Kier alpha value is 0.170. The summed E-state index contributed by atoms with van der Waals surface area (Å²) in [4.78, 5) is 11.4. The van der Waals surface area contributed by atoms with Crippen LogP contribution in [0.25, 0.3) is 0 Å². The van der Waals surface area contributed by atoms with Crippen LogP contribution in [0.2, 0.25) is 0 Å². The topological polar surface area (TPSA) is 29.5 Å². The molecule has 0 saturated carbocycles. The zero-order valence-corrected chi connectivity index (χ0v) is 6.65. The summed E-state index contributed by atoms with van der Waals surface area (Å²) in [5.74, 6) is 0. The Labute approximate surface area is 68.8 Å².